The van der Waals surface area contributed by atoms with Crippen LogP contribution in [0.15, 0.2) is 0 Å². The fourth-order valence-corrected chi connectivity index (χ4v) is 2.76. The van der Waals surface area contributed by atoms with E-state index in [9.17, 15) is 14.1 Å². The summed E-state index contributed by atoms with van der Waals surface area (Å²) in [6, 6.07) is -0.354. The Balaban J connectivity index is 2.42. The van der Waals surface area contributed by atoms with E-state index in [1.807, 2.05) is 0 Å². The van der Waals surface area contributed by atoms with E-state index in [1.165, 1.54) is 0 Å². The van der Waals surface area contributed by atoms with Crippen molar-refractivity contribution in [1.82, 2.24) is 5.32 Å². The fourth-order valence-electron chi connectivity index (χ4n) is 1.47. The molecular formula is C10H19NO4S. The highest BCUT2D eigenvalue weighted by Gasteiger charge is 2.29. The number of carbonyl (C=O) groups is 1. The smallest absolute Gasteiger partial charge is 0.407 e. The Morgan fingerprint density at radius 2 is 2.12 bits per heavy atom. The molecule has 0 aliphatic carbocycles. The van der Waals surface area contributed by atoms with Gasteiger partial charge in [0.2, 0.25) is 0 Å². The van der Waals surface area contributed by atoms with Gasteiger partial charge in [-0.25, -0.2) is 4.79 Å². The quantitative estimate of drug-likeness (QED) is 0.705. The summed E-state index contributed by atoms with van der Waals surface area (Å²) in [7, 11) is -0.967. The Morgan fingerprint density at radius 1 is 1.50 bits per heavy atom. The minimum Gasteiger partial charge on any atom is -0.444 e. The summed E-state index contributed by atoms with van der Waals surface area (Å²) in [5, 5.41) is 12.2. The maximum absolute atomic E-state index is 11.4. The summed E-state index contributed by atoms with van der Waals surface area (Å²) in [5.74, 6) is 0.734. The van der Waals surface area contributed by atoms with Gasteiger partial charge >= 0.3 is 6.09 Å². The molecule has 1 fully saturated rings. The van der Waals surface area contributed by atoms with E-state index >= 15 is 0 Å². The molecule has 0 aromatic carbocycles. The molecule has 1 aliphatic rings. The predicted octanol–water partition coefficient (Wildman–Crippen LogP) is 0.393. The number of rotatable bonds is 1. The van der Waals surface area contributed by atoms with Crippen LogP contribution in [0, 0.1) is 0 Å². The molecule has 6 heteroatoms. The SMILES string of the molecule is CC(C)(C)OC(=O)N[C@H]1CCS(=O)C[C@H]1O. The van der Waals surface area contributed by atoms with Crippen LogP contribution in [0.5, 0.6) is 0 Å². The highest BCUT2D eigenvalue weighted by Crippen LogP contribution is 2.12. The van der Waals surface area contributed by atoms with Crippen molar-refractivity contribution >= 4 is 16.9 Å². The average molecular weight is 249 g/mol. The summed E-state index contributed by atoms with van der Waals surface area (Å²) in [4.78, 5) is 11.4. The monoisotopic (exact) mass is 249 g/mol. The second kappa shape index (κ2) is 5.14. The molecule has 0 aromatic heterocycles. The molecule has 0 aromatic rings. The van der Waals surface area contributed by atoms with E-state index in [2.05, 4.69) is 5.32 Å². The van der Waals surface area contributed by atoms with Crippen LogP contribution in [0.2, 0.25) is 0 Å². The zero-order valence-electron chi connectivity index (χ0n) is 9.86. The number of ether oxygens (including phenoxy) is 1. The molecule has 3 atom stereocenters. The van der Waals surface area contributed by atoms with E-state index in [1.54, 1.807) is 20.8 Å². The van der Waals surface area contributed by atoms with E-state index in [0.717, 1.165) is 0 Å². The third kappa shape index (κ3) is 4.49. The van der Waals surface area contributed by atoms with Gasteiger partial charge in [-0.05, 0) is 27.2 Å². The van der Waals surface area contributed by atoms with Crippen molar-refractivity contribution in [1.29, 1.82) is 0 Å². The lowest BCUT2D eigenvalue weighted by molar-refractivity contribution is 0.0433. The molecule has 5 nitrogen and oxygen atoms in total. The highest BCUT2D eigenvalue weighted by molar-refractivity contribution is 7.85. The van der Waals surface area contributed by atoms with Crippen molar-refractivity contribution < 1.29 is 18.8 Å². The topological polar surface area (TPSA) is 75.6 Å². The van der Waals surface area contributed by atoms with E-state index in [-0.39, 0.29) is 11.8 Å². The molecule has 1 saturated heterocycles. The Morgan fingerprint density at radius 3 is 2.62 bits per heavy atom. The molecule has 1 aliphatic heterocycles. The van der Waals surface area contributed by atoms with Crippen molar-refractivity contribution in [2.45, 2.75) is 44.9 Å². The minimum atomic E-state index is -0.967. The molecule has 94 valence electrons. The largest absolute Gasteiger partial charge is 0.444 e. The van der Waals surface area contributed by atoms with Crippen LogP contribution in [-0.2, 0) is 15.5 Å². The molecule has 1 unspecified atom stereocenters. The van der Waals surface area contributed by atoms with Gasteiger partial charge in [-0.1, -0.05) is 0 Å². The number of aliphatic hydroxyl groups excluding tert-OH is 1. The van der Waals surface area contributed by atoms with Crippen LogP contribution in [0.25, 0.3) is 0 Å². The van der Waals surface area contributed by atoms with Crippen LogP contribution in [0.1, 0.15) is 27.2 Å². The first kappa shape index (κ1) is 13.4. The summed E-state index contributed by atoms with van der Waals surface area (Å²) in [6.07, 6.45) is -0.765. The summed E-state index contributed by atoms with van der Waals surface area (Å²) >= 11 is 0. The van der Waals surface area contributed by atoms with Gasteiger partial charge in [0.05, 0.1) is 17.9 Å². The van der Waals surface area contributed by atoms with Gasteiger partial charge in [0.1, 0.15) is 5.60 Å². The lowest BCUT2D eigenvalue weighted by atomic mass is 10.1. The number of aliphatic hydroxyl groups is 1. The molecular weight excluding hydrogens is 230 g/mol. The molecule has 0 radical (unpaired) electrons. The molecule has 0 spiro atoms. The summed E-state index contributed by atoms with van der Waals surface area (Å²) < 4.78 is 16.2. The molecule has 0 bridgehead atoms. The lowest BCUT2D eigenvalue weighted by Crippen LogP contribution is -2.50. The molecule has 16 heavy (non-hydrogen) atoms. The summed E-state index contributed by atoms with van der Waals surface area (Å²) in [6.45, 7) is 5.33. The Hall–Kier alpha value is -0.620. The third-order valence-corrected chi connectivity index (χ3v) is 3.58. The van der Waals surface area contributed by atoms with E-state index in [4.69, 9.17) is 4.74 Å². The van der Waals surface area contributed by atoms with E-state index in [0.29, 0.717) is 12.2 Å². The molecule has 1 heterocycles. The minimum absolute atomic E-state index is 0.223. The Kier molecular flexibility index (Phi) is 4.32. The second-order valence-corrected chi connectivity index (χ2v) is 6.54. The van der Waals surface area contributed by atoms with Crippen LogP contribution in [-0.4, -0.2) is 44.7 Å². The van der Waals surface area contributed by atoms with Gasteiger partial charge < -0.3 is 15.2 Å². The van der Waals surface area contributed by atoms with Crippen molar-refractivity contribution in [3.8, 4) is 0 Å². The van der Waals surface area contributed by atoms with Crippen molar-refractivity contribution in [3.63, 3.8) is 0 Å². The maximum atomic E-state index is 11.4. The number of hydrogen-bond acceptors (Lipinski definition) is 4. The van der Waals surface area contributed by atoms with E-state index < -0.39 is 28.6 Å². The first-order chi connectivity index (χ1) is 7.28. The van der Waals surface area contributed by atoms with Crippen molar-refractivity contribution in [3.05, 3.63) is 0 Å². The molecule has 1 amide bonds. The predicted molar refractivity (Wildman–Crippen MR) is 61.7 cm³/mol. The zero-order valence-corrected chi connectivity index (χ0v) is 10.7. The third-order valence-electron chi connectivity index (χ3n) is 2.18. The average Bonchev–Trinajstić information content (AvgIpc) is 2.06. The van der Waals surface area contributed by atoms with Crippen LogP contribution in [0.3, 0.4) is 0 Å². The van der Waals surface area contributed by atoms with Gasteiger partial charge in [-0.3, -0.25) is 4.21 Å². The fraction of sp³-hybridized carbons (Fsp3) is 0.900. The molecule has 0 saturated carbocycles. The highest BCUT2D eigenvalue weighted by atomic mass is 32.2. The van der Waals surface area contributed by atoms with Gasteiger partial charge in [0.25, 0.3) is 0 Å². The maximum Gasteiger partial charge on any atom is 0.407 e. The van der Waals surface area contributed by atoms with Crippen LogP contribution >= 0.6 is 0 Å². The van der Waals surface area contributed by atoms with Gasteiger partial charge in [-0.2, -0.15) is 0 Å². The standard InChI is InChI=1S/C10H19NO4S/c1-10(2,3)15-9(13)11-7-4-5-16(14)6-8(7)12/h7-8,12H,4-6H2,1-3H3,(H,11,13)/t7-,8+,16?/m0/s1. The molecule has 2 N–H and O–H groups in total. The van der Waals surface area contributed by atoms with Crippen molar-refractivity contribution in [2.75, 3.05) is 11.5 Å². The lowest BCUT2D eigenvalue weighted by Gasteiger charge is -2.29. The Bertz CT molecular complexity index is 287. The van der Waals surface area contributed by atoms with Crippen LogP contribution < -0.4 is 5.32 Å². The molecule has 1 rings (SSSR count). The van der Waals surface area contributed by atoms with Gasteiger partial charge in [0.15, 0.2) is 0 Å². The second-order valence-electron chi connectivity index (χ2n) is 4.92. The van der Waals surface area contributed by atoms with Gasteiger partial charge in [0, 0.05) is 16.6 Å². The zero-order chi connectivity index (χ0) is 12.3. The number of hydrogen-bond donors (Lipinski definition) is 2. The number of nitrogens with one attached hydrogen (secondary N) is 1. The normalized spacial score (nSPS) is 30.9. The number of amides is 1. The van der Waals surface area contributed by atoms with Crippen molar-refractivity contribution in [2.24, 2.45) is 0 Å². The number of alkyl carbamates (subject to hydrolysis) is 1. The summed E-state index contributed by atoms with van der Waals surface area (Å²) in [5.41, 5.74) is -0.549. The number of carbonyl (C=O) groups excluding carboxylic acids is 1. The van der Waals surface area contributed by atoms with Gasteiger partial charge in [-0.15, -0.1) is 0 Å². The Labute approximate surface area is 98.0 Å². The van der Waals surface area contributed by atoms with Crippen LogP contribution in [0.4, 0.5) is 4.79 Å². The first-order valence-electron chi connectivity index (χ1n) is 5.30. The first-order valence-corrected chi connectivity index (χ1v) is 6.79.